The highest BCUT2D eigenvalue weighted by atomic mass is 32.1. The fraction of sp³-hybridized carbons (Fsp3) is 0.286. The van der Waals surface area contributed by atoms with Gasteiger partial charge < -0.3 is 11.1 Å². The summed E-state index contributed by atoms with van der Waals surface area (Å²) in [5.74, 6) is 0.0590. The molecule has 1 aliphatic carbocycles. The number of anilines is 1. The Bertz CT molecular complexity index is 608. The van der Waals surface area contributed by atoms with Gasteiger partial charge in [-0.15, -0.1) is 11.3 Å². The number of amides is 1. The van der Waals surface area contributed by atoms with Crippen LogP contribution in [0.2, 0.25) is 0 Å². The predicted octanol–water partition coefficient (Wildman–Crippen LogP) is 2.07. The van der Waals surface area contributed by atoms with E-state index in [1.807, 2.05) is 23.6 Å². The molecule has 0 saturated carbocycles. The van der Waals surface area contributed by atoms with Crippen molar-refractivity contribution in [1.29, 1.82) is 0 Å². The second kappa shape index (κ2) is 5.01. The fourth-order valence-corrected chi connectivity index (χ4v) is 3.10. The fourth-order valence-electron chi connectivity index (χ4n) is 2.53. The molecule has 0 aliphatic heterocycles. The molecule has 3 N–H and O–H groups in total. The van der Waals surface area contributed by atoms with Gasteiger partial charge in [0.15, 0.2) is 5.13 Å². The number of aryl methyl sites for hydroxylation is 1. The molecule has 1 aromatic carbocycles. The van der Waals surface area contributed by atoms with Crippen LogP contribution in [-0.4, -0.2) is 10.9 Å². The Morgan fingerprint density at radius 1 is 1.47 bits per heavy atom. The molecule has 0 saturated heterocycles. The van der Waals surface area contributed by atoms with E-state index >= 15 is 0 Å². The van der Waals surface area contributed by atoms with Gasteiger partial charge in [0.2, 0.25) is 5.91 Å². The number of nitrogens with two attached hydrogens (primary N) is 1. The third kappa shape index (κ3) is 2.46. The maximum Gasteiger partial charge on any atom is 0.227 e. The summed E-state index contributed by atoms with van der Waals surface area (Å²) in [6.07, 6.45) is 1.88. The van der Waals surface area contributed by atoms with Gasteiger partial charge in [-0.05, 0) is 24.0 Å². The molecule has 0 fully saturated rings. The van der Waals surface area contributed by atoms with E-state index in [1.165, 1.54) is 16.9 Å². The number of thiazole rings is 1. The molecule has 98 valence electrons. The average Bonchev–Trinajstić information content (AvgIpc) is 3.02. The second-order valence-electron chi connectivity index (χ2n) is 4.68. The summed E-state index contributed by atoms with van der Waals surface area (Å²) in [5, 5.41) is 5.36. The molecule has 0 radical (unpaired) electrons. The number of rotatable bonds is 3. The second-order valence-corrected chi connectivity index (χ2v) is 5.57. The Balaban J connectivity index is 1.66. The summed E-state index contributed by atoms with van der Waals surface area (Å²) >= 11 is 1.39. The first-order valence-electron chi connectivity index (χ1n) is 6.29. The van der Waals surface area contributed by atoms with E-state index in [4.69, 9.17) is 5.73 Å². The summed E-state index contributed by atoms with van der Waals surface area (Å²) in [7, 11) is 0. The van der Waals surface area contributed by atoms with Crippen molar-refractivity contribution < 1.29 is 4.79 Å². The van der Waals surface area contributed by atoms with Gasteiger partial charge in [-0.3, -0.25) is 4.79 Å². The molecule has 1 heterocycles. The van der Waals surface area contributed by atoms with Crippen LogP contribution in [-0.2, 0) is 17.8 Å². The molecular formula is C14H15N3OS. The van der Waals surface area contributed by atoms with Gasteiger partial charge in [0.1, 0.15) is 0 Å². The SMILES string of the molecule is Nc1nc(CNC(=O)[C@H]2CCc3ccccc32)cs1. The Kier molecular flexibility index (Phi) is 3.21. The van der Waals surface area contributed by atoms with E-state index in [1.54, 1.807) is 0 Å². The van der Waals surface area contributed by atoms with Gasteiger partial charge in [0, 0.05) is 5.38 Å². The lowest BCUT2D eigenvalue weighted by molar-refractivity contribution is -0.122. The first-order chi connectivity index (χ1) is 9.24. The quantitative estimate of drug-likeness (QED) is 0.899. The largest absolute Gasteiger partial charge is 0.375 e. The smallest absolute Gasteiger partial charge is 0.227 e. The van der Waals surface area contributed by atoms with E-state index in [0.717, 1.165) is 24.1 Å². The lowest BCUT2D eigenvalue weighted by Gasteiger charge is -2.11. The van der Waals surface area contributed by atoms with Crippen molar-refractivity contribution in [1.82, 2.24) is 10.3 Å². The number of benzene rings is 1. The standard InChI is InChI=1S/C14H15N3OS/c15-14-17-10(8-19-14)7-16-13(18)12-6-5-9-3-1-2-4-11(9)12/h1-4,8,12H,5-7H2,(H2,15,17)(H,16,18)/t12-/m0/s1. The van der Waals surface area contributed by atoms with E-state index in [9.17, 15) is 4.79 Å². The van der Waals surface area contributed by atoms with Crippen molar-refractivity contribution in [2.45, 2.75) is 25.3 Å². The van der Waals surface area contributed by atoms with E-state index < -0.39 is 0 Å². The van der Waals surface area contributed by atoms with Gasteiger partial charge in [0.25, 0.3) is 0 Å². The molecule has 5 heteroatoms. The molecule has 0 spiro atoms. The van der Waals surface area contributed by atoms with Crippen LogP contribution < -0.4 is 11.1 Å². The summed E-state index contributed by atoms with van der Waals surface area (Å²) in [6.45, 7) is 0.450. The molecule has 0 unspecified atom stereocenters. The molecule has 1 aromatic heterocycles. The van der Waals surface area contributed by atoms with E-state index in [-0.39, 0.29) is 11.8 Å². The topological polar surface area (TPSA) is 68.0 Å². The summed E-state index contributed by atoms with van der Waals surface area (Å²) < 4.78 is 0. The van der Waals surface area contributed by atoms with Gasteiger partial charge in [-0.2, -0.15) is 0 Å². The zero-order valence-electron chi connectivity index (χ0n) is 10.4. The third-order valence-electron chi connectivity index (χ3n) is 3.46. The predicted molar refractivity (Wildman–Crippen MR) is 75.9 cm³/mol. The highest BCUT2D eigenvalue weighted by Gasteiger charge is 2.27. The Morgan fingerprint density at radius 3 is 3.11 bits per heavy atom. The maximum absolute atomic E-state index is 12.2. The molecule has 19 heavy (non-hydrogen) atoms. The minimum Gasteiger partial charge on any atom is -0.375 e. The number of hydrogen-bond acceptors (Lipinski definition) is 4. The molecule has 1 atom stereocenters. The zero-order chi connectivity index (χ0) is 13.2. The highest BCUT2D eigenvalue weighted by molar-refractivity contribution is 7.13. The van der Waals surface area contributed by atoms with E-state index in [0.29, 0.717) is 11.7 Å². The van der Waals surface area contributed by atoms with Crippen LogP contribution in [0.1, 0.15) is 29.2 Å². The zero-order valence-corrected chi connectivity index (χ0v) is 11.2. The number of nitrogens with one attached hydrogen (secondary N) is 1. The van der Waals surface area contributed by atoms with Crippen LogP contribution in [0.3, 0.4) is 0 Å². The number of nitrogen functional groups attached to an aromatic ring is 1. The highest BCUT2D eigenvalue weighted by Crippen LogP contribution is 2.32. The number of carbonyl (C=O) groups excluding carboxylic acids is 1. The minimum absolute atomic E-state index is 0.0211. The van der Waals surface area contributed by atoms with Gasteiger partial charge in [-0.1, -0.05) is 24.3 Å². The van der Waals surface area contributed by atoms with Crippen LogP contribution in [0, 0.1) is 0 Å². The monoisotopic (exact) mass is 273 g/mol. The van der Waals surface area contributed by atoms with Crippen LogP contribution >= 0.6 is 11.3 Å². The Labute approximate surface area is 115 Å². The molecule has 0 bridgehead atoms. The summed E-state index contributed by atoms with van der Waals surface area (Å²) in [5.41, 5.74) is 8.84. The van der Waals surface area contributed by atoms with Crippen LogP contribution in [0.5, 0.6) is 0 Å². The third-order valence-corrected chi connectivity index (χ3v) is 4.19. The lowest BCUT2D eigenvalue weighted by atomic mass is 10.0. The van der Waals surface area contributed by atoms with E-state index in [2.05, 4.69) is 16.4 Å². The molecule has 1 amide bonds. The molecule has 3 rings (SSSR count). The normalized spacial score (nSPS) is 17.2. The number of nitrogens with zero attached hydrogens (tertiary/aromatic N) is 1. The van der Waals surface area contributed by atoms with Gasteiger partial charge >= 0.3 is 0 Å². The van der Waals surface area contributed by atoms with Crippen molar-refractivity contribution in [3.63, 3.8) is 0 Å². The van der Waals surface area contributed by atoms with Crippen molar-refractivity contribution in [2.75, 3.05) is 5.73 Å². The molecular weight excluding hydrogens is 258 g/mol. The number of carbonyl (C=O) groups is 1. The van der Waals surface area contributed by atoms with Crippen molar-refractivity contribution >= 4 is 22.4 Å². The van der Waals surface area contributed by atoms with Crippen LogP contribution in [0.4, 0.5) is 5.13 Å². The van der Waals surface area contributed by atoms with Gasteiger partial charge in [-0.25, -0.2) is 4.98 Å². The summed E-state index contributed by atoms with van der Waals surface area (Å²) in [4.78, 5) is 16.4. The maximum atomic E-state index is 12.2. The van der Waals surface area contributed by atoms with Crippen molar-refractivity contribution in [3.8, 4) is 0 Å². The number of fused-ring (bicyclic) bond motifs is 1. The summed E-state index contributed by atoms with van der Waals surface area (Å²) in [6, 6.07) is 8.17. The first-order valence-corrected chi connectivity index (χ1v) is 7.17. The first kappa shape index (κ1) is 12.2. The van der Waals surface area contributed by atoms with Crippen molar-refractivity contribution in [2.24, 2.45) is 0 Å². The van der Waals surface area contributed by atoms with Crippen LogP contribution in [0.15, 0.2) is 29.6 Å². The Morgan fingerprint density at radius 2 is 2.32 bits per heavy atom. The lowest BCUT2D eigenvalue weighted by Crippen LogP contribution is -2.28. The van der Waals surface area contributed by atoms with Crippen molar-refractivity contribution in [3.05, 3.63) is 46.5 Å². The minimum atomic E-state index is -0.0211. The Hall–Kier alpha value is -1.88. The van der Waals surface area contributed by atoms with Crippen LogP contribution in [0.25, 0.3) is 0 Å². The molecule has 4 nitrogen and oxygen atoms in total. The van der Waals surface area contributed by atoms with Gasteiger partial charge in [0.05, 0.1) is 18.2 Å². The number of hydrogen-bond donors (Lipinski definition) is 2. The molecule has 1 aliphatic rings. The molecule has 2 aromatic rings. The number of aromatic nitrogens is 1. The average molecular weight is 273 g/mol.